The van der Waals surface area contributed by atoms with Crippen molar-refractivity contribution in [1.82, 2.24) is 14.8 Å². The van der Waals surface area contributed by atoms with Crippen LogP contribution in [0.2, 0.25) is 5.02 Å². The lowest BCUT2D eigenvalue weighted by atomic mass is 9.89. The maximum Gasteiger partial charge on any atom is 0.335 e. The molecule has 0 bridgehead atoms. The van der Waals surface area contributed by atoms with E-state index >= 15 is 0 Å². The number of carboxylic acids is 1. The number of aliphatic hydroxyl groups excluding tert-OH is 3. The first-order valence-corrected chi connectivity index (χ1v) is 11.8. The van der Waals surface area contributed by atoms with Gasteiger partial charge in [0.15, 0.2) is 11.3 Å². The second-order valence-electron chi connectivity index (χ2n) is 8.32. The number of aromatic nitrogens is 3. The molecule has 0 radical (unpaired) electrons. The lowest BCUT2D eigenvalue weighted by Crippen LogP contribution is -2.58. The molecule has 1 aromatic carbocycles. The van der Waals surface area contributed by atoms with Gasteiger partial charge < -0.3 is 30.3 Å². The Morgan fingerprint density at radius 2 is 1.94 bits per heavy atom. The minimum atomic E-state index is -1.79. The smallest absolute Gasteiger partial charge is 0.335 e. The molecule has 1 aliphatic carbocycles. The van der Waals surface area contributed by atoms with Crippen LogP contribution >= 0.6 is 35.0 Å². The summed E-state index contributed by atoms with van der Waals surface area (Å²) < 4.78 is 6.69. The maximum atomic E-state index is 11.6. The number of aliphatic carboxylic acids is 1. The van der Waals surface area contributed by atoms with Crippen LogP contribution in [-0.2, 0) is 22.5 Å². The molecule has 180 valence electrons. The van der Waals surface area contributed by atoms with Crippen LogP contribution in [-0.4, -0.2) is 86.6 Å². The molecule has 10 nitrogen and oxygen atoms in total. The third-order valence-corrected chi connectivity index (χ3v) is 8.24. The highest BCUT2D eigenvalue weighted by molar-refractivity contribution is 7.99. The highest BCUT2D eigenvalue weighted by Crippen LogP contribution is 2.53. The lowest BCUT2D eigenvalue weighted by Gasteiger charge is -2.38. The van der Waals surface area contributed by atoms with Gasteiger partial charge in [-0.05, 0) is 24.5 Å². The molecule has 1 saturated carbocycles. The van der Waals surface area contributed by atoms with Gasteiger partial charge >= 0.3 is 5.97 Å². The van der Waals surface area contributed by atoms with E-state index in [0.717, 1.165) is 17.3 Å². The Kier molecular flexibility index (Phi) is 6.96. The van der Waals surface area contributed by atoms with Crippen LogP contribution in [0.5, 0.6) is 0 Å². The second-order valence-corrected chi connectivity index (χ2v) is 10.5. The highest BCUT2D eigenvalue weighted by atomic mass is 35.5. The summed E-state index contributed by atoms with van der Waals surface area (Å²) in [4.78, 5) is 14.6. The molecule has 0 spiro atoms. The SMILES string of the molecule is O=C(O)[C@H]1O[C@H](Sc2ncnn2CC(O)(Cc2ccccc2Cl)C2(Cl)CC2)[C@H](O)[C@@H](O)[C@@H]1O. The number of nitrogens with zero attached hydrogens (tertiary/aromatic N) is 3. The van der Waals surface area contributed by atoms with Crippen molar-refractivity contribution in [3.63, 3.8) is 0 Å². The second kappa shape index (κ2) is 9.31. The number of carbonyl (C=O) groups is 1. The van der Waals surface area contributed by atoms with E-state index < -0.39 is 46.3 Å². The zero-order valence-electron chi connectivity index (χ0n) is 17.2. The van der Waals surface area contributed by atoms with E-state index in [1.165, 1.54) is 11.0 Å². The number of carboxylic acid groups (broad SMARTS) is 1. The average Bonchev–Trinajstić information content (AvgIpc) is 3.39. The molecule has 33 heavy (non-hydrogen) atoms. The van der Waals surface area contributed by atoms with Crippen molar-refractivity contribution >= 4 is 40.9 Å². The Morgan fingerprint density at radius 3 is 2.58 bits per heavy atom. The number of rotatable bonds is 8. The van der Waals surface area contributed by atoms with Gasteiger partial charge in [0.2, 0.25) is 0 Å². The molecule has 1 saturated heterocycles. The van der Waals surface area contributed by atoms with E-state index in [2.05, 4.69) is 10.1 Å². The predicted molar refractivity (Wildman–Crippen MR) is 118 cm³/mol. The summed E-state index contributed by atoms with van der Waals surface area (Å²) in [7, 11) is 0. The van der Waals surface area contributed by atoms with Crippen LogP contribution in [0.1, 0.15) is 18.4 Å². The normalized spacial score (nSPS) is 30.5. The minimum absolute atomic E-state index is 0.0551. The van der Waals surface area contributed by atoms with Crippen molar-refractivity contribution in [2.24, 2.45) is 0 Å². The summed E-state index contributed by atoms with van der Waals surface area (Å²) in [6, 6.07) is 7.13. The molecule has 1 aromatic heterocycles. The molecule has 5 N–H and O–H groups in total. The van der Waals surface area contributed by atoms with Gasteiger partial charge in [-0.2, -0.15) is 5.10 Å². The molecule has 1 aliphatic heterocycles. The number of benzene rings is 1. The van der Waals surface area contributed by atoms with Gasteiger partial charge in [0.25, 0.3) is 0 Å². The standard InChI is InChI=1S/C20H23Cl2N3O7S/c21-11-4-2-1-3-10(11)7-20(31,19(22)5-6-19)8-25-18(23-9-24-25)33-17-14(28)12(26)13(27)15(32-17)16(29)30/h1-4,9,12-15,17,26-28,31H,5-8H2,(H,29,30)/t12-,13-,14+,15-,17+,20?/m0/s1. The first-order chi connectivity index (χ1) is 15.5. The summed E-state index contributed by atoms with van der Waals surface area (Å²) in [6.07, 6.45) is -4.25. The molecule has 2 fully saturated rings. The van der Waals surface area contributed by atoms with E-state index in [9.17, 15) is 30.3 Å². The Labute approximate surface area is 203 Å². The predicted octanol–water partition coefficient (Wildman–Crippen LogP) is 0.661. The third kappa shape index (κ3) is 4.87. The van der Waals surface area contributed by atoms with Gasteiger partial charge in [0, 0.05) is 11.4 Å². The first-order valence-electron chi connectivity index (χ1n) is 10.2. The molecule has 13 heteroatoms. The summed E-state index contributed by atoms with van der Waals surface area (Å²) in [5, 5.41) is 55.9. The van der Waals surface area contributed by atoms with Crippen molar-refractivity contribution in [1.29, 1.82) is 0 Å². The number of ether oxygens (including phenoxy) is 1. The van der Waals surface area contributed by atoms with Crippen molar-refractivity contribution in [2.45, 2.75) is 71.3 Å². The van der Waals surface area contributed by atoms with E-state index in [0.29, 0.717) is 17.9 Å². The van der Waals surface area contributed by atoms with Crippen LogP contribution in [0.25, 0.3) is 0 Å². The Balaban J connectivity index is 1.56. The summed E-state index contributed by atoms with van der Waals surface area (Å²) in [6.45, 7) is -0.0551. The van der Waals surface area contributed by atoms with Crippen LogP contribution in [0, 0.1) is 0 Å². The molecule has 2 heterocycles. The fraction of sp³-hybridized carbons (Fsp3) is 0.550. The van der Waals surface area contributed by atoms with Crippen molar-refractivity contribution in [3.8, 4) is 0 Å². The summed E-state index contributed by atoms with van der Waals surface area (Å²) in [5.41, 5.74) is -1.97. The largest absolute Gasteiger partial charge is 0.479 e. The third-order valence-electron chi connectivity index (χ3n) is 5.99. The maximum absolute atomic E-state index is 11.6. The zero-order valence-corrected chi connectivity index (χ0v) is 19.5. The van der Waals surface area contributed by atoms with Crippen molar-refractivity contribution in [3.05, 3.63) is 41.2 Å². The average molecular weight is 520 g/mol. The molecule has 2 aliphatic rings. The van der Waals surface area contributed by atoms with Crippen LogP contribution < -0.4 is 0 Å². The minimum Gasteiger partial charge on any atom is -0.479 e. The monoisotopic (exact) mass is 519 g/mol. The number of hydrogen-bond donors (Lipinski definition) is 5. The van der Waals surface area contributed by atoms with Gasteiger partial charge in [-0.3, -0.25) is 0 Å². The van der Waals surface area contributed by atoms with Crippen molar-refractivity contribution in [2.75, 3.05) is 0 Å². The summed E-state index contributed by atoms with van der Waals surface area (Å²) in [5.74, 6) is -1.48. The lowest BCUT2D eigenvalue weighted by molar-refractivity contribution is -0.209. The molecule has 0 amide bonds. The fourth-order valence-electron chi connectivity index (χ4n) is 3.84. The van der Waals surface area contributed by atoms with E-state index in [4.69, 9.17) is 27.9 Å². The number of aliphatic hydroxyl groups is 4. The molecule has 6 atom stereocenters. The van der Waals surface area contributed by atoms with Gasteiger partial charge in [0.05, 0.1) is 11.4 Å². The van der Waals surface area contributed by atoms with E-state index in [1.807, 2.05) is 6.07 Å². The topological polar surface area (TPSA) is 158 Å². The van der Waals surface area contributed by atoms with Crippen LogP contribution in [0.4, 0.5) is 0 Å². The highest BCUT2D eigenvalue weighted by Gasteiger charge is 2.58. The molecular formula is C20H23Cl2N3O7S. The van der Waals surface area contributed by atoms with Gasteiger partial charge in [-0.1, -0.05) is 41.6 Å². The Morgan fingerprint density at radius 1 is 1.24 bits per heavy atom. The van der Waals surface area contributed by atoms with Gasteiger partial charge in [0.1, 0.15) is 35.7 Å². The first kappa shape index (κ1) is 24.7. The van der Waals surface area contributed by atoms with Crippen LogP contribution in [0.15, 0.2) is 35.7 Å². The molecule has 2 aromatic rings. The molecule has 1 unspecified atom stereocenters. The van der Waals surface area contributed by atoms with Crippen molar-refractivity contribution < 1.29 is 35.1 Å². The number of thioether (sulfide) groups is 1. The number of alkyl halides is 1. The fourth-order valence-corrected chi connectivity index (χ4v) is 5.29. The molecule has 4 rings (SSSR count). The Hall–Kier alpha value is -1.44. The number of hydrogen-bond acceptors (Lipinski definition) is 9. The van der Waals surface area contributed by atoms with Gasteiger partial charge in [-0.15, -0.1) is 11.6 Å². The van der Waals surface area contributed by atoms with E-state index in [-0.39, 0.29) is 18.1 Å². The Bertz CT molecular complexity index is 1020. The molecular weight excluding hydrogens is 497 g/mol. The summed E-state index contributed by atoms with van der Waals surface area (Å²) >= 11 is 13.8. The quantitative estimate of drug-likeness (QED) is 0.313. The number of halogens is 2. The van der Waals surface area contributed by atoms with Crippen LogP contribution in [0.3, 0.4) is 0 Å². The van der Waals surface area contributed by atoms with Gasteiger partial charge in [-0.25, -0.2) is 14.5 Å². The van der Waals surface area contributed by atoms with E-state index in [1.54, 1.807) is 18.2 Å². The zero-order chi connectivity index (χ0) is 24.0.